The lowest BCUT2D eigenvalue weighted by Crippen LogP contribution is -2.02. The topological polar surface area (TPSA) is 93.1 Å². The van der Waals surface area contributed by atoms with Crippen LogP contribution in [0.3, 0.4) is 0 Å². The van der Waals surface area contributed by atoms with E-state index in [1.807, 2.05) is 0 Å². The van der Waals surface area contributed by atoms with Crippen molar-refractivity contribution in [2.45, 2.75) is 0 Å². The Kier molecular flexibility index (Phi) is 3.06. The van der Waals surface area contributed by atoms with Gasteiger partial charge in [0.1, 0.15) is 10.4 Å². The average Bonchev–Trinajstić information content (AvgIpc) is 2.41. The molecule has 0 aliphatic heterocycles. The van der Waals surface area contributed by atoms with E-state index in [1.54, 1.807) is 0 Å². The normalized spacial score (nSPS) is 10.6. The highest BCUT2D eigenvalue weighted by Gasteiger charge is 2.22. The van der Waals surface area contributed by atoms with E-state index in [1.165, 1.54) is 6.07 Å². The van der Waals surface area contributed by atoms with Gasteiger partial charge < -0.3 is 4.98 Å². The Morgan fingerprint density at radius 2 is 1.89 bits per heavy atom. The molecule has 92 valence electrons. The third-order valence-corrected chi connectivity index (χ3v) is 3.05. The maximum atomic E-state index is 11.8. The highest BCUT2D eigenvalue weighted by molar-refractivity contribution is 6.44. The molecule has 1 heterocycles. The van der Waals surface area contributed by atoms with Gasteiger partial charge >= 0.3 is 5.69 Å². The van der Waals surface area contributed by atoms with Gasteiger partial charge in [0.25, 0.3) is 0 Å². The van der Waals surface area contributed by atoms with Crippen LogP contribution in [0, 0.1) is 10.1 Å². The molecule has 2 rings (SSSR count). The summed E-state index contributed by atoms with van der Waals surface area (Å²) in [5.74, 6) is 0. The highest BCUT2D eigenvalue weighted by atomic mass is 35.5. The number of fused-ring (bicyclic) bond motifs is 1. The van der Waals surface area contributed by atoms with Gasteiger partial charge in [-0.15, -0.1) is 0 Å². The number of benzene rings is 1. The molecule has 6 nitrogen and oxygen atoms in total. The summed E-state index contributed by atoms with van der Waals surface area (Å²) in [5.41, 5.74) is -1.91. The summed E-state index contributed by atoms with van der Waals surface area (Å²) in [5, 5.41) is 10.2. The smallest absolute Gasteiger partial charge is 0.302 e. The molecule has 1 aromatic carbocycles. The summed E-state index contributed by atoms with van der Waals surface area (Å²) < 4.78 is 0. The van der Waals surface area contributed by atoms with Crippen molar-refractivity contribution in [2.75, 3.05) is 0 Å². The van der Waals surface area contributed by atoms with Crippen molar-refractivity contribution in [1.29, 1.82) is 0 Å². The van der Waals surface area contributed by atoms with Crippen LogP contribution in [0.25, 0.3) is 10.9 Å². The number of nitrogens with zero attached hydrogens (tertiary/aromatic N) is 1. The fourth-order valence-electron chi connectivity index (χ4n) is 1.54. The molecular weight excluding hydrogens is 283 g/mol. The number of nitro groups is 1. The minimum absolute atomic E-state index is 0.0314. The molecule has 1 N–H and O–H groups in total. The molecule has 0 fully saturated rings. The zero-order valence-electron chi connectivity index (χ0n) is 8.57. The van der Waals surface area contributed by atoms with Gasteiger partial charge in [-0.05, 0) is 12.1 Å². The third kappa shape index (κ3) is 1.96. The van der Waals surface area contributed by atoms with E-state index in [-0.39, 0.29) is 20.9 Å². The number of H-pyrrole nitrogens is 1. The molecule has 0 aliphatic carbocycles. The van der Waals surface area contributed by atoms with Crippen LogP contribution < -0.4 is 11.0 Å². The Labute approximate surface area is 109 Å². The number of aromatic amines is 1. The molecule has 0 bridgehead atoms. The lowest BCUT2D eigenvalue weighted by molar-refractivity contribution is -0.382. The SMILES string of the molecule is O=c1ccc(=O)c2c([N+](=O)[O-])c(Cl)c(Cl)cc2[nH]1. The van der Waals surface area contributed by atoms with Gasteiger partial charge in [0.2, 0.25) is 5.56 Å². The van der Waals surface area contributed by atoms with Gasteiger partial charge in [-0.3, -0.25) is 19.7 Å². The maximum Gasteiger partial charge on any atom is 0.302 e. The predicted octanol–water partition coefficient (Wildman–Crippen LogP) is 2.10. The van der Waals surface area contributed by atoms with Crippen molar-refractivity contribution >= 4 is 39.8 Å². The average molecular weight is 287 g/mol. The minimum Gasteiger partial charge on any atom is -0.322 e. The first-order valence-corrected chi connectivity index (χ1v) is 5.37. The lowest BCUT2D eigenvalue weighted by Gasteiger charge is -2.00. The molecule has 1 aromatic heterocycles. The van der Waals surface area contributed by atoms with Gasteiger partial charge in [-0.25, -0.2) is 0 Å². The molecule has 0 saturated carbocycles. The number of aromatic nitrogens is 1. The van der Waals surface area contributed by atoms with Crippen LogP contribution in [-0.2, 0) is 0 Å². The molecule has 0 aliphatic rings. The van der Waals surface area contributed by atoms with E-state index in [0.717, 1.165) is 12.1 Å². The maximum absolute atomic E-state index is 11.8. The molecular formula is C10H4Cl2N2O4. The van der Waals surface area contributed by atoms with E-state index < -0.39 is 21.6 Å². The van der Waals surface area contributed by atoms with E-state index in [2.05, 4.69) is 4.98 Å². The number of hydrogen-bond donors (Lipinski definition) is 1. The quantitative estimate of drug-likeness (QED) is 0.642. The van der Waals surface area contributed by atoms with Crippen molar-refractivity contribution in [3.8, 4) is 0 Å². The van der Waals surface area contributed by atoms with Crippen molar-refractivity contribution in [1.82, 2.24) is 4.98 Å². The molecule has 0 unspecified atom stereocenters. The van der Waals surface area contributed by atoms with Crippen LogP contribution in [0.15, 0.2) is 27.8 Å². The Bertz CT molecular complexity index is 785. The van der Waals surface area contributed by atoms with E-state index in [0.29, 0.717) is 0 Å². The Morgan fingerprint density at radius 1 is 1.22 bits per heavy atom. The fraction of sp³-hybridized carbons (Fsp3) is 0. The second-order valence-corrected chi connectivity index (χ2v) is 4.17. The minimum atomic E-state index is -0.809. The number of nitrogens with one attached hydrogen (secondary N) is 1. The molecule has 0 saturated heterocycles. The van der Waals surface area contributed by atoms with Crippen molar-refractivity contribution < 1.29 is 4.92 Å². The van der Waals surface area contributed by atoms with Gasteiger partial charge in [-0.2, -0.15) is 0 Å². The lowest BCUT2D eigenvalue weighted by atomic mass is 10.2. The second-order valence-electron chi connectivity index (χ2n) is 3.39. The monoisotopic (exact) mass is 286 g/mol. The number of hydrogen-bond acceptors (Lipinski definition) is 4. The molecule has 8 heteroatoms. The summed E-state index contributed by atoms with van der Waals surface area (Å²) in [6.07, 6.45) is 0. The Balaban J connectivity index is 3.21. The van der Waals surface area contributed by atoms with Crippen molar-refractivity contribution in [3.05, 3.63) is 58.9 Å². The fourth-order valence-corrected chi connectivity index (χ4v) is 1.96. The van der Waals surface area contributed by atoms with Gasteiger partial charge in [0, 0.05) is 6.07 Å². The van der Waals surface area contributed by atoms with Crippen LogP contribution in [0.4, 0.5) is 5.69 Å². The Morgan fingerprint density at radius 3 is 2.50 bits per heavy atom. The van der Waals surface area contributed by atoms with E-state index >= 15 is 0 Å². The first-order chi connectivity index (χ1) is 8.41. The van der Waals surface area contributed by atoms with Crippen LogP contribution in [0.2, 0.25) is 10.0 Å². The summed E-state index contributed by atoms with van der Waals surface area (Å²) in [7, 11) is 0. The van der Waals surface area contributed by atoms with Crippen LogP contribution >= 0.6 is 23.2 Å². The summed E-state index contributed by atoms with van der Waals surface area (Å²) in [6.45, 7) is 0. The molecule has 0 amide bonds. The van der Waals surface area contributed by atoms with E-state index in [4.69, 9.17) is 23.2 Å². The standard InChI is InChI=1S/C10H4Cl2N2O4/c11-4-3-5-8(10(9(4)12)14(17)18)6(15)1-2-7(16)13-5/h1-3H,(H,13,16). The van der Waals surface area contributed by atoms with E-state index in [9.17, 15) is 19.7 Å². The highest BCUT2D eigenvalue weighted by Crippen LogP contribution is 2.36. The van der Waals surface area contributed by atoms with Crippen molar-refractivity contribution in [2.24, 2.45) is 0 Å². The largest absolute Gasteiger partial charge is 0.322 e. The number of nitro benzene ring substituents is 1. The first-order valence-electron chi connectivity index (χ1n) is 4.61. The molecule has 0 spiro atoms. The zero-order chi connectivity index (χ0) is 13.4. The van der Waals surface area contributed by atoms with Gasteiger partial charge in [0.05, 0.1) is 15.5 Å². The summed E-state index contributed by atoms with van der Waals surface area (Å²) in [4.78, 5) is 35.5. The zero-order valence-corrected chi connectivity index (χ0v) is 10.1. The molecule has 0 radical (unpaired) electrons. The van der Waals surface area contributed by atoms with Crippen molar-refractivity contribution in [3.63, 3.8) is 0 Å². The summed E-state index contributed by atoms with van der Waals surface area (Å²) in [6, 6.07) is 3.13. The first kappa shape index (κ1) is 12.5. The second kappa shape index (κ2) is 4.40. The van der Waals surface area contributed by atoms with Crippen LogP contribution in [-0.4, -0.2) is 9.91 Å². The van der Waals surface area contributed by atoms with Crippen LogP contribution in [0.1, 0.15) is 0 Å². The molecule has 2 aromatic rings. The molecule has 18 heavy (non-hydrogen) atoms. The summed E-state index contributed by atoms with van der Waals surface area (Å²) >= 11 is 11.4. The molecule has 0 atom stereocenters. The van der Waals surface area contributed by atoms with Gasteiger partial charge in [0.15, 0.2) is 5.43 Å². The van der Waals surface area contributed by atoms with Gasteiger partial charge in [-0.1, -0.05) is 23.2 Å². The predicted molar refractivity (Wildman–Crippen MR) is 67.5 cm³/mol. The number of rotatable bonds is 1. The number of halogens is 2. The van der Waals surface area contributed by atoms with Crippen LogP contribution in [0.5, 0.6) is 0 Å². The Hall–Kier alpha value is -1.92. The third-order valence-electron chi connectivity index (χ3n) is 2.27.